The SMILES string of the molecule is NNC(CC1CCCc2ccccc21)C1CCCCO1. The number of hydrogen-bond acceptors (Lipinski definition) is 3. The molecular formula is C17H26N2O. The van der Waals surface area contributed by atoms with Crippen LogP contribution in [0.1, 0.15) is 55.6 Å². The number of rotatable bonds is 4. The number of benzene rings is 1. The van der Waals surface area contributed by atoms with E-state index in [4.69, 9.17) is 10.6 Å². The molecule has 0 aromatic heterocycles. The van der Waals surface area contributed by atoms with Gasteiger partial charge < -0.3 is 4.74 Å². The van der Waals surface area contributed by atoms with E-state index < -0.39 is 0 Å². The van der Waals surface area contributed by atoms with Gasteiger partial charge in [-0.15, -0.1) is 0 Å². The molecule has 2 aliphatic rings. The summed E-state index contributed by atoms with van der Waals surface area (Å²) in [6.45, 7) is 0.893. The molecule has 0 bridgehead atoms. The first-order valence-corrected chi connectivity index (χ1v) is 8.04. The lowest BCUT2D eigenvalue weighted by Gasteiger charge is -2.34. The van der Waals surface area contributed by atoms with Crippen LogP contribution in [0, 0.1) is 0 Å². The molecule has 1 aliphatic carbocycles. The second kappa shape index (κ2) is 6.70. The number of hydrogen-bond donors (Lipinski definition) is 2. The molecule has 1 aliphatic heterocycles. The van der Waals surface area contributed by atoms with Crippen LogP contribution in [0.5, 0.6) is 0 Å². The van der Waals surface area contributed by atoms with Crippen LogP contribution < -0.4 is 11.3 Å². The van der Waals surface area contributed by atoms with Gasteiger partial charge >= 0.3 is 0 Å². The van der Waals surface area contributed by atoms with Gasteiger partial charge in [0.15, 0.2) is 0 Å². The van der Waals surface area contributed by atoms with E-state index in [-0.39, 0.29) is 6.04 Å². The van der Waals surface area contributed by atoms with Crippen molar-refractivity contribution < 1.29 is 4.74 Å². The molecule has 0 radical (unpaired) electrons. The molecule has 3 rings (SSSR count). The maximum atomic E-state index is 5.92. The Kier molecular flexibility index (Phi) is 4.71. The molecule has 1 fully saturated rings. The topological polar surface area (TPSA) is 47.3 Å². The van der Waals surface area contributed by atoms with Gasteiger partial charge in [-0.3, -0.25) is 11.3 Å². The second-order valence-electron chi connectivity index (χ2n) is 6.20. The van der Waals surface area contributed by atoms with Crippen LogP contribution in [0.4, 0.5) is 0 Å². The molecule has 3 N–H and O–H groups in total. The largest absolute Gasteiger partial charge is 0.377 e. The van der Waals surface area contributed by atoms with Crippen molar-refractivity contribution >= 4 is 0 Å². The van der Waals surface area contributed by atoms with Gasteiger partial charge in [0.25, 0.3) is 0 Å². The average Bonchev–Trinajstić information content (AvgIpc) is 2.53. The number of ether oxygens (including phenoxy) is 1. The summed E-state index contributed by atoms with van der Waals surface area (Å²) in [4.78, 5) is 0. The van der Waals surface area contributed by atoms with Crippen molar-refractivity contribution in [1.29, 1.82) is 0 Å². The van der Waals surface area contributed by atoms with E-state index in [9.17, 15) is 0 Å². The van der Waals surface area contributed by atoms with Gasteiger partial charge in [-0.2, -0.15) is 0 Å². The summed E-state index contributed by atoms with van der Waals surface area (Å²) in [6.07, 6.45) is 8.80. The number of fused-ring (bicyclic) bond motifs is 1. The fraction of sp³-hybridized carbons (Fsp3) is 0.647. The molecule has 1 aromatic carbocycles. The molecule has 3 atom stereocenters. The van der Waals surface area contributed by atoms with Crippen molar-refractivity contribution in [2.24, 2.45) is 5.84 Å². The van der Waals surface area contributed by atoms with Crippen molar-refractivity contribution in [1.82, 2.24) is 5.43 Å². The summed E-state index contributed by atoms with van der Waals surface area (Å²) >= 11 is 0. The summed E-state index contributed by atoms with van der Waals surface area (Å²) in [5, 5.41) is 0. The third kappa shape index (κ3) is 3.05. The zero-order valence-electron chi connectivity index (χ0n) is 12.2. The lowest BCUT2D eigenvalue weighted by molar-refractivity contribution is -0.0110. The minimum atomic E-state index is 0.284. The lowest BCUT2D eigenvalue weighted by Crippen LogP contribution is -2.47. The Morgan fingerprint density at radius 3 is 2.90 bits per heavy atom. The Labute approximate surface area is 121 Å². The Morgan fingerprint density at radius 2 is 2.10 bits per heavy atom. The minimum absolute atomic E-state index is 0.284. The predicted octanol–water partition coefficient (Wildman–Crippen LogP) is 2.90. The first kappa shape index (κ1) is 14.1. The standard InChI is InChI=1S/C17H26N2O/c18-19-16(17-10-3-4-11-20-17)12-14-8-5-7-13-6-1-2-9-15(13)14/h1-2,6,9,14,16-17,19H,3-5,7-8,10-12,18H2. The molecule has 0 amide bonds. The molecule has 0 spiro atoms. The molecule has 110 valence electrons. The van der Waals surface area contributed by atoms with Gasteiger partial charge in [-0.1, -0.05) is 24.3 Å². The van der Waals surface area contributed by atoms with E-state index in [1.165, 1.54) is 43.2 Å². The molecule has 1 heterocycles. The highest BCUT2D eigenvalue weighted by atomic mass is 16.5. The number of nitrogens with one attached hydrogen (secondary N) is 1. The van der Waals surface area contributed by atoms with Gasteiger partial charge in [0.05, 0.1) is 6.10 Å². The Bertz CT molecular complexity index is 429. The van der Waals surface area contributed by atoms with Crippen LogP contribution in [0.2, 0.25) is 0 Å². The number of nitrogens with two attached hydrogens (primary N) is 1. The first-order valence-electron chi connectivity index (χ1n) is 8.04. The van der Waals surface area contributed by atoms with Crippen LogP contribution in [-0.2, 0) is 11.2 Å². The van der Waals surface area contributed by atoms with Crippen molar-refractivity contribution in [3.8, 4) is 0 Å². The number of aryl methyl sites for hydroxylation is 1. The Balaban J connectivity index is 1.70. The molecule has 0 saturated carbocycles. The molecular weight excluding hydrogens is 248 g/mol. The summed E-state index contributed by atoms with van der Waals surface area (Å²) in [5.74, 6) is 6.44. The highest BCUT2D eigenvalue weighted by molar-refractivity contribution is 5.32. The van der Waals surface area contributed by atoms with E-state index in [1.54, 1.807) is 0 Å². The Morgan fingerprint density at radius 1 is 1.20 bits per heavy atom. The zero-order chi connectivity index (χ0) is 13.8. The monoisotopic (exact) mass is 274 g/mol. The van der Waals surface area contributed by atoms with E-state index in [0.717, 1.165) is 19.4 Å². The van der Waals surface area contributed by atoms with Crippen LogP contribution in [0.25, 0.3) is 0 Å². The summed E-state index contributed by atoms with van der Waals surface area (Å²) in [7, 11) is 0. The third-order valence-electron chi connectivity index (χ3n) is 4.91. The lowest BCUT2D eigenvalue weighted by atomic mass is 9.78. The molecule has 1 saturated heterocycles. The minimum Gasteiger partial charge on any atom is -0.377 e. The van der Waals surface area contributed by atoms with Crippen molar-refractivity contribution in [3.05, 3.63) is 35.4 Å². The Hall–Kier alpha value is -0.900. The average molecular weight is 274 g/mol. The van der Waals surface area contributed by atoms with Crippen LogP contribution in [0.15, 0.2) is 24.3 Å². The van der Waals surface area contributed by atoms with Gasteiger partial charge in [0.1, 0.15) is 0 Å². The van der Waals surface area contributed by atoms with E-state index in [2.05, 4.69) is 29.7 Å². The van der Waals surface area contributed by atoms with Crippen molar-refractivity contribution in [2.45, 2.75) is 63.0 Å². The fourth-order valence-electron chi connectivity index (χ4n) is 3.82. The quantitative estimate of drug-likeness (QED) is 0.655. The molecule has 20 heavy (non-hydrogen) atoms. The van der Waals surface area contributed by atoms with E-state index >= 15 is 0 Å². The number of hydrazine groups is 1. The highest BCUT2D eigenvalue weighted by Crippen LogP contribution is 2.35. The summed E-state index contributed by atoms with van der Waals surface area (Å²) in [6, 6.07) is 9.19. The molecule has 3 nitrogen and oxygen atoms in total. The third-order valence-corrected chi connectivity index (χ3v) is 4.91. The summed E-state index contributed by atoms with van der Waals surface area (Å²) < 4.78 is 5.92. The van der Waals surface area contributed by atoms with Crippen LogP contribution >= 0.6 is 0 Å². The maximum absolute atomic E-state index is 5.92. The van der Waals surface area contributed by atoms with Gasteiger partial charge in [0, 0.05) is 12.6 Å². The van der Waals surface area contributed by atoms with Crippen LogP contribution in [-0.4, -0.2) is 18.8 Å². The molecule has 3 unspecified atom stereocenters. The van der Waals surface area contributed by atoms with E-state index in [1.807, 2.05) is 0 Å². The smallest absolute Gasteiger partial charge is 0.0741 e. The maximum Gasteiger partial charge on any atom is 0.0741 e. The first-order chi connectivity index (χ1) is 9.88. The normalized spacial score (nSPS) is 27.9. The van der Waals surface area contributed by atoms with Crippen molar-refractivity contribution in [3.63, 3.8) is 0 Å². The van der Waals surface area contributed by atoms with Gasteiger partial charge in [0.2, 0.25) is 0 Å². The second-order valence-corrected chi connectivity index (χ2v) is 6.20. The molecule has 1 aromatic rings. The summed E-state index contributed by atoms with van der Waals surface area (Å²) in [5.41, 5.74) is 6.09. The van der Waals surface area contributed by atoms with E-state index in [0.29, 0.717) is 12.0 Å². The van der Waals surface area contributed by atoms with Crippen molar-refractivity contribution in [2.75, 3.05) is 6.61 Å². The fourth-order valence-corrected chi connectivity index (χ4v) is 3.82. The predicted molar refractivity (Wildman–Crippen MR) is 81.4 cm³/mol. The van der Waals surface area contributed by atoms with Gasteiger partial charge in [-0.05, 0) is 62.0 Å². The molecule has 3 heteroatoms. The highest BCUT2D eigenvalue weighted by Gasteiger charge is 2.29. The zero-order valence-corrected chi connectivity index (χ0v) is 12.2. The van der Waals surface area contributed by atoms with Gasteiger partial charge in [-0.25, -0.2) is 0 Å². The van der Waals surface area contributed by atoms with Crippen LogP contribution in [0.3, 0.4) is 0 Å².